The van der Waals surface area contributed by atoms with Gasteiger partial charge in [-0.05, 0) is 57.8 Å². The number of nitrogens with two attached hydrogens (primary N) is 1. The van der Waals surface area contributed by atoms with Gasteiger partial charge in [-0.1, -0.05) is 35.9 Å². The van der Waals surface area contributed by atoms with E-state index in [1.165, 1.54) is 4.90 Å². The summed E-state index contributed by atoms with van der Waals surface area (Å²) >= 11 is 6.48. The lowest BCUT2D eigenvalue weighted by Crippen LogP contribution is -2.58. The third-order valence-electron chi connectivity index (χ3n) is 7.80. The van der Waals surface area contributed by atoms with E-state index in [1.807, 2.05) is 43.0 Å². The average molecular weight is 568 g/mol. The first kappa shape index (κ1) is 27.7. The van der Waals surface area contributed by atoms with Crippen LogP contribution in [0.5, 0.6) is 6.01 Å². The second-order valence-corrected chi connectivity index (χ2v) is 11.0. The number of ether oxygens (including phenoxy) is 1. The summed E-state index contributed by atoms with van der Waals surface area (Å²) in [5.41, 5.74) is 7.17. The molecule has 2 saturated heterocycles. The van der Waals surface area contributed by atoms with Crippen molar-refractivity contribution in [2.75, 3.05) is 49.2 Å². The minimum absolute atomic E-state index is 0.0237. The Bertz CT molecular complexity index is 1430. The molecule has 2 amide bonds. The van der Waals surface area contributed by atoms with Crippen molar-refractivity contribution in [2.24, 2.45) is 0 Å². The molecule has 0 spiro atoms. The molecule has 2 aliphatic heterocycles. The molecule has 0 bridgehead atoms. The number of anilines is 3. The molecule has 3 aromatic rings. The minimum Gasteiger partial charge on any atom is -0.465 e. The van der Waals surface area contributed by atoms with Crippen molar-refractivity contribution in [3.05, 3.63) is 47.1 Å². The number of hydrogen-bond acceptors (Lipinski definition) is 8. The average Bonchev–Trinajstić information content (AvgIpc) is 3.33. The third-order valence-corrected chi connectivity index (χ3v) is 8.12. The fourth-order valence-corrected chi connectivity index (χ4v) is 5.81. The maximum absolute atomic E-state index is 13.7. The third kappa shape index (κ3) is 5.44. The fourth-order valence-electron chi connectivity index (χ4n) is 5.52. The normalized spacial score (nSPS) is 21.6. The van der Waals surface area contributed by atoms with Gasteiger partial charge in [0.2, 0.25) is 0 Å². The van der Waals surface area contributed by atoms with Crippen molar-refractivity contribution >= 4 is 51.6 Å². The van der Waals surface area contributed by atoms with Gasteiger partial charge in [-0.25, -0.2) is 4.79 Å². The van der Waals surface area contributed by atoms with Gasteiger partial charge in [0.1, 0.15) is 12.3 Å². The van der Waals surface area contributed by atoms with Crippen LogP contribution in [0.25, 0.3) is 10.8 Å². The molecule has 12 heteroatoms. The highest BCUT2D eigenvalue weighted by atomic mass is 35.5. The van der Waals surface area contributed by atoms with Crippen LogP contribution in [0.15, 0.2) is 36.4 Å². The summed E-state index contributed by atoms with van der Waals surface area (Å²) < 4.78 is 6.05. The van der Waals surface area contributed by atoms with Crippen molar-refractivity contribution in [3.63, 3.8) is 0 Å². The number of piperazine rings is 1. The topological polar surface area (TPSA) is 137 Å². The van der Waals surface area contributed by atoms with E-state index in [1.54, 1.807) is 12.1 Å². The van der Waals surface area contributed by atoms with Crippen LogP contribution in [-0.2, 0) is 0 Å². The second kappa shape index (κ2) is 11.3. The lowest BCUT2D eigenvalue weighted by atomic mass is 10.1. The first-order valence-corrected chi connectivity index (χ1v) is 13.8. The number of rotatable bonds is 6. The molecule has 0 saturated carbocycles. The second-order valence-electron chi connectivity index (χ2n) is 10.6. The summed E-state index contributed by atoms with van der Waals surface area (Å²) in [5, 5.41) is 14.6. The van der Waals surface area contributed by atoms with Gasteiger partial charge < -0.3 is 35.6 Å². The number of halogens is 1. The molecule has 0 aliphatic carbocycles. The molecule has 4 N–H and O–H groups in total. The number of carboxylic acid groups (broad SMARTS) is 1. The van der Waals surface area contributed by atoms with Gasteiger partial charge in [-0.2, -0.15) is 9.97 Å². The van der Waals surface area contributed by atoms with Crippen molar-refractivity contribution in [2.45, 2.75) is 44.8 Å². The molecule has 3 heterocycles. The molecule has 2 aliphatic rings. The molecule has 0 radical (unpaired) electrons. The van der Waals surface area contributed by atoms with Gasteiger partial charge in [0.15, 0.2) is 11.5 Å². The highest BCUT2D eigenvalue weighted by Gasteiger charge is 2.35. The van der Waals surface area contributed by atoms with Crippen LogP contribution in [0, 0.1) is 0 Å². The van der Waals surface area contributed by atoms with E-state index < -0.39 is 12.0 Å². The Morgan fingerprint density at radius 1 is 1.15 bits per heavy atom. The quantitative estimate of drug-likeness (QED) is 0.401. The summed E-state index contributed by atoms with van der Waals surface area (Å²) in [7, 11) is 2.05. The smallest absolute Gasteiger partial charge is 0.407 e. The summed E-state index contributed by atoms with van der Waals surface area (Å²) in [6.07, 6.45) is 1.11. The van der Waals surface area contributed by atoms with E-state index in [-0.39, 0.29) is 42.1 Å². The standard InChI is InChI=1S/C28H34ClN7O4/c1-16-14-36(28(38)39)17(2)13-35(16)25-23(30)24(32-27(33-25)40-15-19-9-6-12-34(19)3)26(37)31-21-11-5-8-18-7-4-10-20(29)22(18)21/h4-5,7-8,10-11,16-17,19H,6,9,12-15,30H2,1-3H3,(H,31,37)(H,38,39)/t16-,17-,19?/m0/s1. The van der Waals surface area contributed by atoms with Gasteiger partial charge in [-0.15, -0.1) is 0 Å². The first-order chi connectivity index (χ1) is 19.1. The van der Waals surface area contributed by atoms with Crippen molar-refractivity contribution in [1.29, 1.82) is 0 Å². The number of carbonyl (C=O) groups is 2. The van der Waals surface area contributed by atoms with Gasteiger partial charge in [-0.3, -0.25) is 4.79 Å². The van der Waals surface area contributed by atoms with E-state index in [2.05, 4.69) is 27.2 Å². The molecule has 3 atom stereocenters. The number of amides is 2. The highest BCUT2D eigenvalue weighted by Crippen LogP contribution is 2.33. The molecular formula is C28H34ClN7O4. The summed E-state index contributed by atoms with van der Waals surface area (Å²) in [6.45, 7) is 5.70. The van der Waals surface area contributed by atoms with E-state index in [0.717, 1.165) is 24.8 Å². The van der Waals surface area contributed by atoms with Crippen LogP contribution in [0.2, 0.25) is 5.02 Å². The zero-order valence-electron chi connectivity index (χ0n) is 22.8. The molecule has 11 nitrogen and oxygen atoms in total. The van der Waals surface area contributed by atoms with Gasteiger partial charge >= 0.3 is 12.1 Å². The van der Waals surface area contributed by atoms with Crippen LogP contribution in [-0.4, -0.2) is 88.3 Å². The molecule has 2 fully saturated rings. The monoisotopic (exact) mass is 567 g/mol. The maximum atomic E-state index is 13.7. The Kier molecular flexibility index (Phi) is 7.86. The number of likely N-dealkylation sites (tertiary alicyclic amines) is 1. The minimum atomic E-state index is -0.979. The Morgan fingerprint density at radius 3 is 2.60 bits per heavy atom. The number of nitrogens with zero attached hydrogens (tertiary/aromatic N) is 5. The molecule has 2 aromatic carbocycles. The van der Waals surface area contributed by atoms with Crippen LogP contribution in [0.4, 0.5) is 22.0 Å². The van der Waals surface area contributed by atoms with Crippen LogP contribution < -0.4 is 20.7 Å². The Labute approximate surface area is 237 Å². The van der Waals surface area contributed by atoms with Crippen molar-refractivity contribution < 1.29 is 19.4 Å². The zero-order chi connectivity index (χ0) is 28.6. The largest absolute Gasteiger partial charge is 0.465 e. The van der Waals surface area contributed by atoms with Crippen molar-refractivity contribution in [1.82, 2.24) is 19.8 Å². The number of carbonyl (C=O) groups excluding carboxylic acids is 1. The fraction of sp³-hybridized carbons (Fsp3) is 0.429. The lowest BCUT2D eigenvalue weighted by molar-refractivity contribution is 0.102. The molecular weight excluding hydrogens is 534 g/mol. The van der Waals surface area contributed by atoms with Gasteiger partial charge in [0.25, 0.3) is 5.91 Å². The highest BCUT2D eigenvalue weighted by molar-refractivity contribution is 6.37. The van der Waals surface area contributed by atoms with Crippen LogP contribution >= 0.6 is 11.6 Å². The molecule has 212 valence electrons. The number of benzene rings is 2. The predicted molar refractivity (Wildman–Crippen MR) is 156 cm³/mol. The Balaban J connectivity index is 1.50. The Hall–Kier alpha value is -3.83. The van der Waals surface area contributed by atoms with E-state index >= 15 is 0 Å². The molecule has 40 heavy (non-hydrogen) atoms. The van der Waals surface area contributed by atoms with Gasteiger partial charge in [0.05, 0.1) is 10.7 Å². The maximum Gasteiger partial charge on any atom is 0.407 e. The number of likely N-dealkylation sites (N-methyl/N-ethyl adjacent to an activating group) is 1. The van der Waals surface area contributed by atoms with E-state index in [0.29, 0.717) is 35.1 Å². The predicted octanol–water partition coefficient (Wildman–Crippen LogP) is 4.17. The number of nitrogens with one attached hydrogen (secondary N) is 1. The number of aromatic nitrogens is 2. The van der Waals surface area contributed by atoms with Crippen LogP contribution in [0.1, 0.15) is 37.2 Å². The number of nitrogen functional groups attached to an aromatic ring is 1. The number of hydrogen-bond donors (Lipinski definition) is 3. The van der Waals surface area contributed by atoms with E-state index in [4.69, 9.17) is 22.1 Å². The molecule has 1 unspecified atom stereocenters. The zero-order valence-corrected chi connectivity index (χ0v) is 23.6. The van der Waals surface area contributed by atoms with Crippen molar-refractivity contribution in [3.8, 4) is 6.01 Å². The first-order valence-electron chi connectivity index (χ1n) is 13.4. The summed E-state index contributed by atoms with van der Waals surface area (Å²) in [6, 6.07) is 10.8. The SMILES string of the molecule is C[C@H]1CN(c2nc(OCC3CCCN3C)nc(C(=O)Nc3cccc4cccc(Cl)c34)c2N)[C@@H](C)CN1C(=O)O. The number of fused-ring (bicyclic) bond motifs is 1. The molecule has 1 aromatic heterocycles. The van der Waals surface area contributed by atoms with E-state index in [9.17, 15) is 14.7 Å². The summed E-state index contributed by atoms with van der Waals surface area (Å²) in [4.78, 5) is 40.0. The summed E-state index contributed by atoms with van der Waals surface area (Å²) in [5.74, 6) is -0.184. The van der Waals surface area contributed by atoms with Crippen LogP contribution in [0.3, 0.4) is 0 Å². The van der Waals surface area contributed by atoms with Gasteiger partial charge in [0, 0.05) is 36.6 Å². The lowest BCUT2D eigenvalue weighted by Gasteiger charge is -2.43. The molecule has 5 rings (SSSR count). The Morgan fingerprint density at radius 2 is 1.90 bits per heavy atom.